The van der Waals surface area contributed by atoms with E-state index in [1.165, 1.54) is 31.4 Å². The fourth-order valence-corrected chi connectivity index (χ4v) is 1.86. The van der Waals surface area contributed by atoms with Crippen LogP contribution < -0.4 is 9.47 Å². The molecule has 3 nitrogen and oxygen atoms in total. The van der Waals surface area contributed by atoms with Gasteiger partial charge in [0.1, 0.15) is 17.8 Å². The summed E-state index contributed by atoms with van der Waals surface area (Å²) in [4.78, 5) is 10.7. The number of hydrogen-bond acceptors (Lipinski definition) is 3. The van der Waals surface area contributed by atoms with Crippen LogP contribution in [0.25, 0.3) is 11.1 Å². The first-order valence-corrected chi connectivity index (χ1v) is 5.92. The lowest BCUT2D eigenvalue weighted by Crippen LogP contribution is -2.16. The van der Waals surface area contributed by atoms with Crippen molar-refractivity contribution in [3.05, 3.63) is 48.0 Å². The van der Waals surface area contributed by atoms with E-state index in [0.717, 1.165) is 0 Å². The van der Waals surface area contributed by atoms with Crippen LogP contribution in [0.1, 0.15) is 10.4 Å². The van der Waals surface area contributed by atoms with Gasteiger partial charge in [-0.05, 0) is 29.8 Å². The van der Waals surface area contributed by atoms with E-state index in [9.17, 15) is 18.0 Å². The lowest BCUT2D eigenvalue weighted by molar-refractivity contribution is -0.274. The fourth-order valence-electron chi connectivity index (χ4n) is 1.86. The van der Waals surface area contributed by atoms with Crippen molar-refractivity contribution in [1.29, 1.82) is 0 Å². The molecule has 0 aromatic heterocycles. The number of ether oxygens (including phenoxy) is 2. The summed E-state index contributed by atoms with van der Waals surface area (Å²) in [5.41, 5.74) is 1.77. The molecule has 110 valence electrons. The van der Waals surface area contributed by atoms with E-state index in [0.29, 0.717) is 28.7 Å². The fraction of sp³-hybridized carbons (Fsp3) is 0.133. The molecule has 0 radical (unpaired) electrons. The summed E-state index contributed by atoms with van der Waals surface area (Å²) in [6.07, 6.45) is -4.03. The Morgan fingerprint density at radius 2 is 1.71 bits per heavy atom. The summed E-state index contributed by atoms with van der Waals surface area (Å²) in [5.74, 6) is 0.166. The van der Waals surface area contributed by atoms with Gasteiger partial charge in [-0.3, -0.25) is 4.79 Å². The maximum atomic E-state index is 12.1. The maximum Gasteiger partial charge on any atom is 0.573 e. The van der Waals surface area contributed by atoms with Crippen LogP contribution >= 0.6 is 0 Å². The van der Waals surface area contributed by atoms with Crippen LogP contribution in [0.5, 0.6) is 11.5 Å². The third-order valence-corrected chi connectivity index (χ3v) is 2.76. The molecule has 21 heavy (non-hydrogen) atoms. The first-order valence-electron chi connectivity index (χ1n) is 5.92. The predicted octanol–water partition coefficient (Wildman–Crippen LogP) is 4.07. The largest absolute Gasteiger partial charge is 0.573 e. The number of alkyl halides is 3. The average molecular weight is 296 g/mol. The molecule has 0 aliphatic heterocycles. The van der Waals surface area contributed by atoms with Crippen molar-refractivity contribution >= 4 is 6.29 Å². The molecule has 0 bridgehead atoms. The molecule has 0 amide bonds. The maximum absolute atomic E-state index is 12.1. The quantitative estimate of drug-likeness (QED) is 0.798. The molecule has 2 aromatic rings. The van der Waals surface area contributed by atoms with Crippen LogP contribution in [0, 0.1) is 0 Å². The van der Waals surface area contributed by atoms with Crippen LogP contribution in [-0.4, -0.2) is 19.8 Å². The zero-order valence-electron chi connectivity index (χ0n) is 11.0. The lowest BCUT2D eigenvalue weighted by atomic mass is 10.0. The van der Waals surface area contributed by atoms with E-state index in [1.807, 2.05) is 0 Å². The second-order valence-electron chi connectivity index (χ2n) is 4.15. The molecule has 0 aliphatic carbocycles. The zero-order valence-corrected chi connectivity index (χ0v) is 11.0. The summed E-state index contributed by atoms with van der Waals surface area (Å²) >= 11 is 0. The second-order valence-corrected chi connectivity index (χ2v) is 4.15. The molecule has 2 rings (SSSR count). The van der Waals surface area contributed by atoms with Gasteiger partial charge in [-0.25, -0.2) is 0 Å². The van der Waals surface area contributed by atoms with Gasteiger partial charge in [-0.1, -0.05) is 18.2 Å². The summed E-state index contributed by atoms with van der Waals surface area (Å²) in [6.45, 7) is 0. The molecule has 0 N–H and O–H groups in total. The third-order valence-electron chi connectivity index (χ3n) is 2.76. The standard InChI is InChI=1S/C15H11F3O3/c1-20-14-8-10(9-19)2-7-13(14)11-3-5-12(6-4-11)21-15(16,17)18/h2-9H,1H3. The smallest absolute Gasteiger partial charge is 0.496 e. The Bertz CT molecular complexity index is 634. The van der Waals surface area contributed by atoms with Crippen molar-refractivity contribution in [3.8, 4) is 22.6 Å². The molecule has 0 spiro atoms. The van der Waals surface area contributed by atoms with Gasteiger partial charge in [-0.15, -0.1) is 13.2 Å². The van der Waals surface area contributed by atoms with Crippen molar-refractivity contribution in [3.63, 3.8) is 0 Å². The minimum atomic E-state index is -4.72. The van der Waals surface area contributed by atoms with E-state index in [4.69, 9.17) is 4.74 Å². The van der Waals surface area contributed by atoms with Gasteiger partial charge in [0.2, 0.25) is 0 Å². The summed E-state index contributed by atoms with van der Waals surface area (Å²) in [5, 5.41) is 0. The number of benzene rings is 2. The number of rotatable bonds is 4. The summed E-state index contributed by atoms with van der Waals surface area (Å²) in [6, 6.07) is 10.2. The van der Waals surface area contributed by atoms with Crippen molar-refractivity contribution in [2.45, 2.75) is 6.36 Å². The van der Waals surface area contributed by atoms with Crippen LogP contribution in [-0.2, 0) is 0 Å². The van der Waals surface area contributed by atoms with Crippen molar-refractivity contribution in [2.75, 3.05) is 7.11 Å². The summed E-state index contributed by atoms with van der Waals surface area (Å²) < 4.78 is 45.3. The Morgan fingerprint density at radius 3 is 2.24 bits per heavy atom. The Labute approximate surface area is 118 Å². The Balaban J connectivity index is 2.32. The molecule has 0 heterocycles. The minimum absolute atomic E-state index is 0.297. The van der Waals surface area contributed by atoms with Gasteiger partial charge in [0.15, 0.2) is 0 Å². The third kappa shape index (κ3) is 3.75. The van der Waals surface area contributed by atoms with E-state index in [1.54, 1.807) is 18.2 Å². The zero-order chi connectivity index (χ0) is 15.5. The molecule has 2 aromatic carbocycles. The van der Waals surface area contributed by atoms with E-state index >= 15 is 0 Å². The Morgan fingerprint density at radius 1 is 1.05 bits per heavy atom. The monoisotopic (exact) mass is 296 g/mol. The van der Waals surface area contributed by atoms with Crippen molar-refractivity contribution < 1.29 is 27.4 Å². The number of halogens is 3. The van der Waals surface area contributed by atoms with E-state index < -0.39 is 6.36 Å². The lowest BCUT2D eigenvalue weighted by Gasteiger charge is -2.11. The minimum Gasteiger partial charge on any atom is -0.496 e. The predicted molar refractivity (Wildman–Crippen MR) is 70.5 cm³/mol. The molecule has 0 atom stereocenters. The Hall–Kier alpha value is -2.50. The molecule has 6 heteroatoms. The molecule has 0 aliphatic rings. The van der Waals surface area contributed by atoms with Crippen molar-refractivity contribution in [1.82, 2.24) is 0 Å². The van der Waals surface area contributed by atoms with Gasteiger partial charge in [0.05, 0.1) is 7.11 Å². The van der Waals surface area contributed by atoms with Crippen LogP contribution in [0.4, 0.5) is 13.2 Å². The topological polar surface area (TPSA) is 35.5 Å². The van der Waals surface area contributed by atoms with Gasteiger partial charge in [0, 0.05) is 11.1 Å². The molecule has 0 fully saturated rings. The number of hydrogen-bond donors (Lipinski definition) is 0. The van der Waals surface area contributed by atoms with E-state index in [-0.39, 0.29) is 5.75 Å². The first-order chi connectivity index (χ1) is 9.93. The Kier molecular flexibility index (Phi) is 4.16. The molecule has 0 saturated carbocycles. The molecule has 0 saturated heterocycles. The number of aldehydes is 1. The van der Waals surface area contributed by atoms with Crippen molar-refractivity contribution in [2.24, 2.45) is 0 Å². The van der Waals surface area contributed by atoms with Gasteiger partial charge in [0.25, 0.3) is 0 Å². The highest BCUT2D eigenvalue weighted by Gasteiger charge is 2.30. The number of methoxy groups -OCH3 is 1. The van der Waals surface area contributed by atoms with E-state index in [2.05, 4.69) is 4.74 Å². The second kappa shape index (κ2) is 5.87. The molecule has 0 unspecified atom stereocenters. The highest BCUT2D eigenvalue weighted by Crippen LogP contribution is 2.32. The van der Waals surface area contributed by atoms with Gasteiger partial charge >= 0.3 is 6.36 Å². The van der Waals surface area contributed by atoms with Gasteiger partial charge < -0.3 is 9.47 Å². The number of carbonyl (C=O) groups is 1. The summed E-state index contributed by atoms with van der Waals surface area (Å²) in [7, 11) is 1.45. The average Bonchev–Trinajstić information content (AvgIpc) is 2.46. The first kappa shape index (κ1) is 14.9. The SMILES string of the molecule is COc1cc(C=O)ccc1-c1ccc(OC(F)(F)F)cc1. The van der Waals surface area contributed by atoms with Crippen LogP contribution in [0.15, 0.2) is 42.5 Å². The van der Waals surface area contributed by atoms with Crippen LogP contribution in [0.3, 0.4) is 0 Å². The van der Waals surface area contributed by atoms with Crippen LogP contribution in [0.2, 0.25) is 0 Å². The number of carbonyl (C=O) groups excluding carboxylic acids is 1. The highest BCUT2D eigenvalue weighted by molar-refractivity contribution is 5.80. The molecular weight excluding hydrogens is 285 g/mol. The highest BCUT2D eigenvalue weighted by atomic mass is 19.4. The molecular formula is C15H11F3O3. The van der Waals surface area contributed by atoms with Gasteiger partial charge in [-0.2, -0.15) is 0 Å². The normalized spacial score (nSPS) is 11.0.